The molecule has 9 heteroatoms. The number of sulfonamides is 1. The maximum Gasteiger partial charge on any atom is 0.243 e. The van der Waals surface area contributed by atoms with Gasteiger partial charge in [-0.15, -0.1) is 0 Å². The molecule has 0 radical (unpaired) electrons. The molecule has 2 heterocycles. The highest BCUT2D eigenvalue weighted by Gasteiger charge is 2.29. The van der Waals surface area contributed by atoms with Crippen LogP contribution in [-0.4, -0.2) is 44.0 Å². The monoisotopic (exact) mass is 520 g/mol. The van der Waals surface area contributed by atoms with Crippen LogP contribution in [0, 0.1) is 11.8 Å². The molecule has 0 atom stereocenters. The van der Waals surface area contributed by atoms with Gasteiger partial charge in [0.2, 0.25) is 10.0 Å². The summed E-state index contributed by atoms with van der Waals surface area (Å²) >= 11 is 11.8. The van der Waals surface area contributed by atoms with Gasteiger partial charge < -0.3 is 15.5 Å². The number of hydrogen-bond donors (Lipinski definition) is 2. The van der Waals surface area contributed by atoms with E-state index in [1.54, 1.807) is 22.5 Å². The summed E-state index contributed by atoms with van der Waals surface area (Å²) in [5.74, 6) is 1.25. The van der Waals surface area contributed by atoms with Crippen LogP contribution in [0.2, 0.25) is 5.02 Å². The van der Waals surface area contributed by atoms with E-state index in [4.69, 9.17) is 23.8 Å². The van der Waals surface area contributed by atoms with E-state index >= 15 is 0 Å². The van der Waals surface area contributed by atoms with E-state index in [2.05, 4.69) is 29.4 Å². The Labute approximate surface area is 213 Å². The summed E-state index contributed by atoms with van der Waals surface area (Å²) in [7, 11) is -3.58. The number of para-hydroxylation sites is 1. The minimum absolute atomic E-state index is 0.291. The zero-order valence-corrected chi connectivity index (χ0v) is 22.1. The van der Waals surface area contributed by atoms with Crippen molar-refractivity contribution in [3.63, 3.8) is 0 Å². The lowest BCUT2D eigenvalue weighted by Crippen LogP contribution is -2.38. The summed E-state index contributed by atoms with van der Waals surface area (Å²) in [6.07, 6.45) is 3.99. The molecule has 0 unspecified atom stereocenters. The fraction of sp³-hybridized carbons (Fsp3) is 0.480. The van der Waals surface area contributed by atoms with E-state index in [9.17, 15) is 8.42 Å². The molecule has 2 saturated heterocycles. The fourth-order valence-corrected chi connectivity index (χ4v) is 6.41. The van der Waals surface area contributed by atoms with Crippen LogP contribution in [0.25, 0.3) is 0 Å². The van der Waals surface area contributed by atoms with Crippen molar-refractivity contribution in [2.45, 2.75) is 44.4 Å². The van der Waals surface area contributed by atoms with Crippen LogP contribution in [0.1, 0.15) is 39.5 Å². The third-order valence-corrected chi connectivity index (χ3v) is 9.27. The number of hydrogen-bond acceptors (Lipinski definition) is 4. The smallest absolute Gasteiger partial charge is 0.243 e. The highest BCUT2D eigenvalue weighted by atomic mass is 35.5. The van der Waals surface area contributed by atoms with Crippen LogP contribution in [0.15, 0.2) is 47.4 Å². The maximum absolute atomic E-state index is 13.4. The first-order chi connectivity index (χ1) is 16.2. The van der Waals surface area contributed by atoms with Gasteiger partial charge in [0.15, 0.2) is 5.11 Å². The van der Waals surface area contributed by atoms with Crippen LogP contribution in [0.4, 0.5) is 17.1 Å². The molecule has 2 aliphatic rings. The van der Waals surface area contributed by atoms with Gasteiger partial charge in [-0.25, -0.2) is 8.42 Å². The van der Waals surface area contributed by atoms with Crippen molar-refractivity contribution in [2.75, 3.05) is 41.7 Å². The Hall–Kier alpha value is -1.87. The van der Waals surface area contributed by atoms with Crippen molar-refractivity contribution in [1.29, 1.82) is 0 Å². The average Bonchev–Trinajstić information content (AvgIpc) is 2.81. The molecule has 0 amide bonds. The molecule has 0 bridgehead atoms. The van der Waals surface area contributed by atoms with Crippen LogP contribution in [0.3, 0.4) is 0 Å². The van der Waals surface area contributed by atoms with Crippen LogP contribution < -0.4 is 15.5 Å². The second-order valence-corrected chi connectivity index (χ2v) is 12.2. The first-order valence-corrected chi connectivity index (χ1v) is 14.2. The summed E-state index contributed by atoms with van der Waals surface area (Å²) < 4.78 is 28.4. The summed E-state index contributed by atoms with van der Waals surface area (Å²) in [5, 5.41) is 7.31. The van der Waals surface area contributed by atoms with Crippen LogP contribution in [0.5, 0.6) is 0 Å². The van der Waals surface area contributed by atoms with Crippen molar-refractivity contribution < 1.29 is 8.42 Å². The van der Waals surface area contributed by atoms with Crippen molar-refractivity contribution >= 4 is 56.0 Å². The van der Waals surface area contributed by atoms with E-state index in [0.717, 1.165) is 44.5 Å². The van der Waals surface area contributed by atoms with Gasteiger partial charge in [0.05, 0.1) is 27.0 Å². The van der Waals surface area contributed by atoms with Crippen molar-refractivity contribution in [2.24, 2.45) is 11.8 Å². The molecule has 2 aliphatic heterocycles. The lowest BCUT2D eigenvalue weighted by atomic mass is 9.98. The predicted octanol–water partition coefficient (Wildman–Crippen LogP) is 5.81. The zero-order valence-electron chi connectivity index (χ0n) is 19.8. The number of nitrogens with one attached hydrogen (secondary N) is 2. The predicted molar refractivity (Wildman–Crippen MR) is 146 cm³/mol. The third kappa shape index (κ3) is 5.85. The van der Waals surface area contributed by atoms with Gasteiger partial charge in [-0.2, -0.15) is 4.31 Å². The number of anilines is 3. The molecule has 2 aromatic carbocycles. The van der Waals surface area contributed by atoms with Gasteiger partial charge in [0.1, 0.15) is 0 Å². The van der Waals surface area contributed by atoms with Gasteiger partial charge in [-0.3, -0.25) is 0 Å². The summed E-state index contributed by atoms with van der Waals surface area (Å²) in [6, 6.07) is 12.7. The van der Waals surface area contributed by atoms with E-state index in [0.29, 0.717) is 51.3 Å². The summed E-state index contributed by atoms with van der Waals surface area (Å²) in [5.41, 5.74) is 2.34. The van der Waals surface area contributed by atoms with Crippen molar-refractivity contribution in [3.8, 4) is 0 Å². The molecule has 6 nitrogen and oxygen atoms in total. The van der Waals surface area contributed by atoms with Crippen LogP contribution in [-0.2, 0) is 10.0 Å². The minimum Gasteiger partial charge on any atom is -0.370 e. The summed E-state index contributed by atoms with van der Waals surface area (Å²) in [4.78, 5) is 2.60. The van der Waals surface area contributed by atoms with Crippen molar-refractivity contribution in [1.82, 2.24) is 4.31 Å². The number of benzene rings is 2. The molecule has 0 aromatic heterocycles. The second-order valence-electron chi connectivity index (χ2n) is 9.49. The van der Waals surface area contributed by atoms with E-state index in [1.165, 1.54) is 0 Å². The first kappa shape index (κ1) is 25.2. The highest BCUT2D eigenvalue weighted by molar-refractivity contribution is 7.89. The number of piperidine rings is 2. The van der Waals surface area contributed by atoms with Gasteiger partial charge in [-0.1, -0.05) is 37.6 Å². The first-order valence-electron chi connectivity index (χ1n) is 12.0. The zero-order chi connectivity index (χ0) is 24.3. The molecule has 4 rings (SSSR count). The fourth-order valence-electron chi connectivity index (χ4n) is 4.51. The number of nitrogens with zero attached hydrogens (tertiary/aromatic N) is 2. The molecule has 34 heavy (non-hydrogen) atoms. The Kier molecular flexibility index (Phi) is 8.02. The molecule has 0 saturated carbocycles. The lowest BCUT2D eigenvalue weighted by molar-refractivity contribution is 0.288. The molecule has 0 spiro atoms. The van der Waals surface area contributed by atoms with E-state index in [1.807, 2.05) is 24.3 Å². The Morgan fingerprint density at radius 3 is 2.15 bits per heavy atom. The normalized spacial score (nSPS) is 18.6. The topological polar surface area (TPSA) is 64.7 Å². The van der Waals surface area contributed by atoms with Crippen LogP contribution >= 0.6 is 23.8 Å². The molecular weight excluding hydrogens is 488 g/mol. The van der Waals surface area contributed by atoms with E-state index < -0.39 is 10.0 Å². The third-order valence-electron chi connectivity index (χ3n) is 6.84. The van der Waals surface area contributed by atoms with Gasteiger partial charge in [-0.05, 0) is 80.1 Å². The highest BCUT2D eigenvalue weighted by Crippen LogP contribution is 2.34. The minimum atomic E-state index is -3.58. The molecule has 0 aliphatic carbocycles. The van der Waals surface area contributed by atoms with Gasteiger partial charge in [0, 0.05) is 26.2 Å². The second kappa shape index (κ2) is 10.8. The van der Waals surface area contributed by atoms with Gasteiger partial charge in [0.25, 0.3) is 0 Å². The van der Waals surface area contributed by atoms with Crippen molar-refractivity contribution in [3.05, 3.63) is 47.5 Å². The largest absolute Gasteiger partial charge is 0.370 e. The number of thiocarbonyl (C=S) groups is 1. The molecule has 2 fully saturated rings. The summed E-state index contributed by atoms with van der Waals surface area (Å²) in [6.45, 7) is 7.42. The number of halogens is 1. The lowest BCUT2D eigenvalue weighted by Gasteiger charge is -2.34. The molecular formula is C25H33ClN4O2S2. The Bertz CT molecular complexity index is 1130. The van der Waals surface area contributed by atoms with Gasteiger partial charge >= 0.3 is 0 Å². The standard InChI is InChI=1S/C25H33ClN4O2S2/c1-18-9-13-29(14-10-18)24-8-7-20(34(31,32)30-15-11-19(2)12-16-30)17-23(24)28-25(33)27-22-6-4-3-5-21(22)26/h3-8,17-19H,9-16H2,1-2H3,(H2,27,28,33). The Morgan fingerprint density at radius 2 is 1.50 bits per heavy atom. The molecule has 2 aromatic rings. The quantitative estimate of drug-likeness (QED) is 0.485. The van der Waals surface area contributed by atoms with E-state index in [-0.39, 0.29) is 0 Å². The average molecular weight is 521 g/mol. The number of rotatable bonds is 5. The Balaban J connectivity index is 1.62. The Morgan fingerprint density at radius 1 is 0.912 bits per heavy atom. The maximum atomic E-state index is 13.4. The SMILES string of the molecule is CC1CCN(c2ccc(S(=O)(=O)N3CCC(C)CC3)cc2NC(=S)Nc2ccccc2Cl)CC1. The molecule has 2 N–H and O–H groups in total. The molecule has 184 valence electrons.